The van der Waals surface area contributed by atoms with E-state index >= 15 is 0 Å². The van der Waals surface area contributed by atoms with Gasteiger partial charge < -0.3 is 0 Å². The van der Waals surface area contributed by atoms with Gasteiger partial charge >= 0.3 is 0 Å². The topological polar surface area (TPSA) is 7.76 Å². The molecule has 4 rings (SSSR count). The first kappa shape index (κ1) is 18.8. The first-order valence-electron chi connectivity index (χ1n) is 9.95. The molecule has 0 saturated carbocycles. The number of nitrogens with zero attached hydrogens (tertiary/aromatic N) is 2. The molecule has 0 spiro atoms. The average molecular weight is 379 g/mol. The molecule has 2 aromatic carbocycles. The summed E-state index contributed by atoms with van der Waals surface area (Å²) in [6.45, 7) is 7.68. The molecular weight excluding hydrogens is 352 g/mol. The molecule has 0 aliphatic carbocycles. The van der Waals surface area contributed by atoms with E-state index in [1.807, 2.05) is 6.08 Å². The summed E-state index contributed by atoms with van der Waals surface area (Å²) < 4.78 is 4.41. The van der Waals surface area contributed by atoms with E-state index in [1.54, 1.807) is 0 Å². The van der Waals surface area contributed by atoms with Gasteiger partial charge in [0.1, 0.15) is 0 Å². The highest BCUT2D eigenvalue weighted by Gasteiger charge is 2.07. The Morgan fingerprint density at radius 3 is 1.45 bits per heavy atom. The van der Waals surface area contributed by atoms with Gasteiger partial charge in [0.05, 0.1) is 0 Å². The van der Waals surface area contributed by atoms with Crippen LogP contribution in [0.3, 0.4) is 0 Å². The van der Waals surface area contributed by atoms with Crippen molar-refractivity contribution in [2.45, 2.75) is 20.0 Å². The maximum Gasteiger partial charge on any atom is 0.173 e. The summed E-state index contributed by atoms with van der Waals surface area (Å²) in [5, 5.41) is 0. The van der Waals surface area contributed by atoms with Gasteiger partial charge in [-0.2, -0.15) is 0 Å². The summed E-state index contributed by atoms with van der Waals surface area (Å²) in [6.07, 6.45) is 10.5. The smallest absolute Gasteiger partial charge is 0.173 e. The zero-order valence-corrected chi connectivity index (χ0v) is 16.8. The van der Waals surface area contributed by atoms with Crippen LogP contribution in [0.2, 0.25) is 0 Å². The van der Waals surface area contributed by atoms with Crippen molar-refractivity contribution in [3.8, 4) is 11.1 Å². The van der Waals surface area contributed by atoms with Gasteiger partial charge in [-0.3, -0.25) is 0 Å². The molecule has 2 heterocycles. The number of rotatable bonds is 6. The van der Waals surface area contributed by atoms with Gasteiger partial charge in [-0.05, 0) is 23.6 Å². The second-order valence-corrected chi connectivity index (χ2v) is 7.45. The summed E-state index contributed by atoms with van der Waals surface area (Å²) in [7, 11) is 0. The molecule has 0 aliphatic heterocycles. The molecular formula is C27H26N2+2. The molecule has 0 saturated heterocycles. The van der Waals surface area contributed by atoms with Gasteiger partial charge in [-0.1, -0.05) is 66.7 Å². The third kappa shape index (κ3) is 4.85. The Morgan fingerprint density at radius 2 is 1.03 bits per heavy atom. The quantitative estimate of drug-likeness (QED) is 0.418. The van der Waals surface area contributed by atoms with E-state index in [4.69, 9.17) is 0 Å². The first-order valence-corrected chi connectivity index (χ1v) is 9.95. The molecule has 0 aliphatic rings. The summed E-state index contributed by atoms with van der Waals surface area (Å²) in [6, 6.07) is 26.0. The van der Waals surface area contributed by atoms with Crippen LogP contribution in [0.4, 0.5) is 0 Å². The van der Waals surface area contributed by atoms with E-state index in [-0.39, 0.29) is 0 Å². The highest BCUT2D eigenvalue weighted by atomic mass is 14.9. The third-order valence-corrected chi connectivity index (χ3v) is 5.18. The largest absolute Gasteiger partial charge is 0.201 e. The monoisotopic (exact) mass is 378 g/mol. The van der Waals surface area contributed by atoms with Crippen LogP contribution in [-0.2, 0) is 13.1 Å². The maximum absolute atomic E-state index is 3.81. The van der Waals surface area contributed by atoms with Gasteiger partial charge in [0.2, 0.25) is 0 Å². The fraction of sp³-hybridized carbons (Fsp3) is 0.111. The van der Waals surface area contributed by atoms with E-state index < -0.39 is 0 Å². The Balaban J connectivity index is 1.42. The molecule has 0 unspecified atom stereocenters. The minimum absolute atomic E-state index is 0.864. The molecule has 0 fully saturated rings. The van der Waals surface area contributed by atoms with Crippen molar-refractivity contribution in [2.24, 2.45) is 0 Å². The van der Waals surface area contributed by atoms with Gasteiger partial charge in [-0.15, -0.1) is 0 Å². The van der Waals surface area contributed by atoms with Crippen molar-refractivity contribution in [3.63, 3.8) is 0 Å². The molecule has 29 heavy (non-hydrogen) atoms. The lowest BCUT2D eigenvalue weighted by atomic mass is 10.1. The Labute approximate surface area is 173 Å². The van der Waals surface area contributed by atoms with Crippen molar-refractivity contribution >= 4 is 6.08 Å². The van der Waals surface area contributed by atoms with E-state index in [0.717, 1.165) is 18.7 Å². The lowest BCUT2D eigenvalue weighted by Crippen LogP contribution is -2.33. The number of hydrogen-bond donors (Lipinski definition) is 0. The van der Waals surface area contributed by atoms with Gasteiger partial charge in [0, 0.05) is 35.4 Å². The third-order valence-electron chi connectivity index (χ3n) is 5.18. The Kier molecular flexibility index (Phi) is 5.62. The van der Waals surface area contributed by atoms with Gasteiger partial charge in [0.25, 0.3) is 0 Å². The predicted molar refractivity (Wildman–Crippen MR) is 118 cm³/mol. The summed E-state index contributed by atoms with van der Waals surface area (Å²) in [5.74, 6) is 0. The molecule has 2 heteroatoms. The minimum atomic E-state index is 0.864. The molecule has 0 radical (unpaired) electrons. The molecule has 4 aromatic rings. The van der Waals surface area contributed by atoms with Crippen molar-refractivity contribution in [2.75, 3.05) is 0 Å². The highest BCUT2D eigenvalue weighted by Crippen LogP contribution is 2.16. The number of benzene rings is 2. The fourth-order valence-corrected chi connectivity index (χ4v) is 3.38. The molecule has 0 atom stereocenters. The first-order chi connectivity index (χ1) is 14.2. The summed E-state index contributed by atoms with van der Waals surface area (Å²) in [5.41, 5.74) is 7.50. The number of aromatic nitrogens is 2. The van der Waals surface area contributed by atoms with Crippen LogP contribution >= 0.6 is 0 Å². The lowest BCUT2D eigenvalue weighted by molar-refractivity contribution is -0.688. The van der Waals surface area contributed by atoms with E-state index in [2.05, 4.69) is 120 Å². The van der Waals surface area contributed by atoms with Gasteiger partial charge in [-0.25, -0.2) is 9.13 Å². The summed E-state index contributed by atoms with van der Waals surface area (Å²) >= 11 is 0. The highest BCUT2D eigenvalue weighted by molar-refractivity contribution is 5.61. The SMILES string of the molecule is C=Cc1ccc(C[n+]2ccc(-c3cc[n+](Cc4ccc(C)cc4)cc3)cc2)cc1. The molecule has 0 amide bonds. The van der Waals surface area contributed by atoms with E-state index in [9.17, 15) is 0 Å². The van der Waals surface area contributed by atoms with Crippen LogP contribution in [0.25, 0.3) is 17.2 Å². The normalized spacial score (nSPS) is 10.7. The van der Waals surface area contributed by atoms with Crippen LogP contribution in [0.15, 0.2) is 104 Å². The standard InChI is InChI=1S/C27H26N2/c1-3-23-8-10-25(11-9-23)21-29-18-14-27(15-19-29)26-12-16-28(17-13-26)20-24-6-4-22(2)5-7-24/h3-19H,1,20-21H2,2H3/q+2. The van der Waals surface area contributed by atoms with Gasteiger partial charge in [0.15, 0.2) is 37.9 Å². The van der Waals surface area contributed by atoms with Crippen molar-refractivity contribution in [1.82, 2.24) is 0 Å². The Bertz CT molecular complexity index is 1080. The fourth-order valence-electron chi connectivity index (χ4n) is 3.38. The minimum Gasteiger partial charge on any atom is -0.201 e. The average Bonchev–Trinajstić information content (AvgIpc) is 2.77. The number of hydrogen-bond acceptors (Lipinski definition) is 0. The molecule has 142 valence electrons. The predicted octanol–water partition coefficient (Wildman–Crippen LogP) is 4.98. The maximum atomic E-state index is 3.81. The molecule has 2 nitrogen and oxygen atoms in total. The van der Waals surface area contributed by atoms with Crippen LogP contribution < -0.4 is 9.13 Å². The molecule has 0 bridgehead atoms. The second kappa shape index (κ2) is 8.66. The Hall–Kier alpha value is -3.52. The summed E-state index contributed by atoms with van der Waals surface area (Å²) in [4.78, 5) is 0. The second-order valence-electron chi connectivity index (χ2n) is 7.45. The number of aryl methyl sites for hydroxylation is 1. The lowest BCUT2D eigenvalue weighted by Gasteiger charge is -2.03. The van der Waals surface area contributed by atoms with Crippen LogP contribution in [0.1, 0.15) is 22.3 Å². The number of pyridine rings is 2. The molecule has 0 N–H and O–H groups in total. The Morgan fingerprint density at radius 1 is 0.621 bits per heavy atom. The van der Waals surface area contributed by atoms with Crippen molar-refractivity contribution < 1.29 is 9.13 Å². The van der Waals surface area contributed by atoms with Crippen LogP contribution in [0, 0.1) is 6.92 Å². The zero-order valence-electron chi connectivity index (χ0n) is 16.8. The van der Waals surface area contributed by atoms with Crippen molar-refractivity contribution in [3.05, 3.63) is 126 Å². The van der Waals surface area contributed by atoms with E-state index in [1.165, 1.54) is 27.8 Å². The zero-order chi connectivity index (χ0) is 20.1. The van der Waals surface area contributed by atoms with Crippen molar-refractivity contribution in [1.29, 1.82) is 0 Å². The van der Waals surface area contributed by atoms with E-state index in [0.29, 0.717) is 0 Å². The molecule has 2 aromatic heterocycles. The van der Waals surface area contributed by atoms with Crippen LogP contribution in [0.5, 0.6) is 0 Å². The van der Waals surface area contributed by atoms with Crippen LogP contribution in [-0.4, -0.2) is 0 Å².